The Morgan fingerprint density at radius 1 is 1.39 bits per heavy atom. The van der Waals surface area contributed by atoms with Crippen LogP contribution in [0.2, 0.25) is 0 Å². The van der Waals surface area contributed by atoms with Crippen LogP contribution in [0.3, 0.4) is 0 Å². The Kier molecular flexibility index (Phi) is 5.07. The average Bonchev–Trinajstić information content (AvgIpc) is 2.86. The number of ether oxygens (including phenoxy) is 2. The van der Waals surface area contributed by atoms with Crippen molar-refractivity contribution in [1.82, 2.24) is 4.31 Å². The summed E-state index contributed by atoms with van der Waals surface area (Å²) in [6.07, 6.45) is -4.54. The number of nitrogens with zero attached hydrogens (tertiary/aromatic N) is 1. The van der Waals surface area contributed by atoms with E-state index in [9.17, 15) is 26.7 Å². The molecule has 1 heterocycles. The molecule has 1 N–H and O–H groups in total. The number of sulfonamides is 1. The van der Waals surface area contributed by atoms with E-state index in [1.165, 1.54) is 7.11 Å². The fourth-order valence-electron chi connectivity index (χ4n) is 2.48. The number of hydrogen-bond acceptors (Lipinski definition) is 5. The predicted octanol–water partition coefficient (Wildman–Crippen LogP) is 1.95. The molecule has 1 aromatic carbocycles. The molecule has 1 aliphatic rings. The third-order valence-electron chi connectivity index (χ3n) is 3.43. The number of phenols is 1. The first-order chi connectivity index (χ1) is 10.6. The molecule has 1 unspecified atom stereocenters. The molecule has 0 spiro atoms. The smallest absolute Gasteiger partial charge is 0.506 e. The normalized spacial score (nSPS) is 19.9. The van der Waals surface area contributed by atoms with Crippen LogP contribution in [0.1, 0.15) is 6.42 Å². The lowest BCUT2D eigenvalue weighted by atomic mass is 10.1. The molecule has 10 heteroatoms. The van der Waals surface area contributed by atoms with Gasteiger partial charge >= 0.3 is 6.36 Å². The van der Waals surface area contributed by atoms with Crippen LogP contribution in [0.4, 0.5) is 13.2 Å². The number of halogens is 3. The molecule has 0 saturated carbocycles. The van der Waals surface area contributed by atoms with Crippen molar-refractivity contribution in [2.75, 3.05) is 26.8 Å². The number of hydrogen-bond donors (Lipinski definition) is 1. The van der Waals surface area contributed by atoms with Crippen LogP contribution in [0.25, 0.3) is 0 Å². The second kappa shape index (κ2) is 6.54. The van der Waals surface area contributed by atoms with E-state index in [1.54, 1.807) is 0 Å². The zero-order valence-electron chi connectivity index (χ0n) is 12.2. The first-order valence-electron chi connectivity index (χ1n) is 6.72. The molecule has 1 fully saturated rings. The Balaban J connectivity index is 2.37. The molecule has 1 aromatic rings. The van der Waals surface area contributed by atoms with E-state index in [2.05, 4.69) is 4.74 Å². The van der Waals surface area contributed by atoms with E-state index in [4.69, 9.17) is 4.74 Å². The lowest BCUT2D eigenvalue weighted by molar-refractivity contribution is -0.275. The SMILES string of the molecule is COCC1CCN(S(=O)(=O)c2c(O)cccc2OC(F)(F)F)C1. The summed E-state index contributed by atoms with van der Waals surface area (Å²) < 4.78 is 72.3. The molecule has 1 saturated heterocycles. The van der Waals surface area contributed by atoms with Gasteiger partial charge in [-0.05, 0) is 24.5 Å². The van der Waals surface area contributed by atoms with Gasteiger partial charge in [-0.2, -0.15) is 4.31 Å². The molecule has 6 nitrogen and oxygen atoms in total. The topological polar surface area (TPSA) is 76.1 Å². The lowest BCUT2D eigenvalue weighted by Gasteiger charge is -2.20. The van der Waals surface area contributed by atoms with Gasteiger partial charge in [-0.3, -0.25) is 0 Å². The van der Waals surface area contributed by atoms with Crippen molar-refractivity contribution in [2.45, 2.75) is 17.7 Å². The zero-order valence-corrected chi connectivity index (χ0v) is 13.0. The summed E-state index contributed by atoms with van der Waals surface area (Å²) in [5, 5.41) is 9.78. The molecule has 130 valence electrons. The molecule has 0 radical (unpaired) electrons. The maximum Gasteiger partial charge on any atom is 0.573 e. The summed E-state index contributed by atoms with van der Waals surface area (Å²) >= 11 is 0. The summed E-state index contributed by atoms with van der Waals surface area (Å²) in [6, 6.07) is 2.93. The zero-order chi connectivity index (χ0) is 17.3. The predicted molar refractivity (Wildman–Crippen MR) is 73.5 cm³/mol. The van der Waals surface area contributed by atoms with Crippen LogP contribution in [0, 0.1) is 5.92 Å². The molecule has 0 aliphatic carbocycles. The molecule has 0 amide bonds. The standard InChI is InChI=1S/C13H16F3NO5S/c1-21-8-9-5-6-17(7-9)23(19,20)12-10(18)3-2-4-11(12)22-13(14,15)16/h2-4,9,18H,5-8H2,1H3. The van der Waals surface area contributed by atoms with E-state index in [1.807, 2.05) is 0 Å². The Bertz CT molecular complexity index is 662. The molecule has 1 aliphatic heterocycles. The minimum absolute atomic E-state index is 0.0485. The summed E-state index contributed by atoms with van der Waals surface area (Å²) in [5.41, 5.74) is 0. The first-order valence-corrected chi connectivity index (χ1v) is 8.16. The molecule has 23 heavy (non-hydrogen) atoms. The van der Waals surface area contributed by atoms with Crippen LogP contribution in [0.5, 0.6) is 11.5 Å². The average molecular weight is 355 g/mol. The number of methoxy groups -OCH3 is 1. The Morgan fingerprint density at radius 3 is 2.70 bits per heavy atom. The largest absolute Gasteiger partial charge is 0.573 e. The minimum atomic E-state index is -5.07. The van der Waals surface area contributed by atoms with Crippen molar-refractivity contribution in [2.24, 2.45) is 5.92 Å². The Hall–Kier alpha value is -1.52. The van der Waals surface area contributed by atoms with Crippen molar-refractivity contribution in [3.63, 3.8) is 0 Å². The third kappa shape index (κ3) is 4.06. The molecule has 0 bridgehead atoms. The van der Waals surface area contributed by atoms with Gasteiger partial charge in [0.2, 0.25) is 10.0 Å². The van der Waals surface area contributed by atoms with Gasteiger partial charge < -0.3 is 14.6 Å². The van der Waals surface area contributed by atoms with Gasteiger partial charge in [0.1, 0.15) is 5.75 Å². The van der Waals surface area contributed by atoms with Gasteiger partial charge in [-0.1, -0.05) is 6.07 Å². The van der Waals surface area contributed by atoms with E-state index in [-0.39, 0.29) is 19.0 Å². The number of benzene rings is 1. The number of phenolic OH excluding ortho intramolecular Hbond substituents is 1. The highest BCUT2D eigenvalue weighted by Crippen LogP contribution is 2.38. The summed E-state index contributed by atoms with van der Waals surface area (Å²) in [6.45, 7) is 0.588. The van der Waals surface area contributed by atoms with Gasteiger partial charge in [0, 0.05) is 20.2 Å². The Morgan fingerprint density at radius 2 is 2.09 bits per heavy atom. The van der Waals surface area contributed by atoms with Gasteiger partial charge in [0.25, 0.3) is 0 Å². The molecule has 1 atom stereocenters. The quantitative estimate of drug-likeness (QED) is 0.874. The van der Waals surface area contributed by atoms with Crippen LogP contribution < -0.4 is 4.74 Å². The minimum Gasteiger partial charge on any atom is -0.506 e. The first kappa shape index (κ1) is 17.8. The van der Waals surface area contributed by atoms with Crippen LogP contribution >= 0.6 is 0 Å². The van der Waals surface area contributed by atoms with Gasteiger partial charge in [-0.25, -0.2) is 8.42 Å². The van der Waals surface area contributed by atoms with Crippen molar-refractivity contribution in [1.29, 1.82) is 0 Å². The molecule has 2 rings (SSSR count). The third-order valence-corrected chi connectivity index (χ3v) is 5.37. The van der Waals surface area contributed by atoms with Crippen LogP contribution in [0.15, 0.2) is 23.1 Å². The van der Waals surface area contributed by atoms with E-state index < -0.39 is 32.8 Å². The summed E-state index contributed by atoms with van der Waals surface area (Å²) in [4.78, 5) is -0.879. The van der Waals surface area contributed by atoms with Gasteiger partial charge in [0.05, 0.1) is 6.61 Å². The van der Waals surface area contributed by atoms with E-state index in [0.717, 1.165) is 22.5 Å². The second-order valence-corrected chi connectivity index (χ2v) is 7.00. The van der Waals surface area contributed by atoms with E-state index >= 15 is 0 Å². The van der Waals surface area contributed by atoms with Crippen molar-refractivity contribution in [3.8, 4) is 11.5 Å². The van der Waals surface area contributed by atoms with E-state index in [0.29, 0.717) is 13.0 Å². The number of rotatable bonds is 5. The van der Waals surface area contributed by atoms with Gasteiger partial charge in [-0.15, -0.1) is 13.2 Å². The maximum absolute atomic E-state index is 12.6. The van der Waals surface area contributed by atoms with Crippen LogP contribution in [-0.2, 0) is 14.8 Å². The summed E-state index contributed by atoms with van der Waals surface area (Å²) in [5.74, 6) is -1.79. The van der Waals surface area contributed by atoms with Crippen LogP contribution in [-0.4, -0.2) is 51.0 Å². The highest BCUT2D eigenvalue weighted by atomic mass is 32.2. The monoisotopic (exact) mass is 355 g/mol. The number of alkyl halides is 3. The van der Waals surface area contributed by atoms with Crippen molar-refractivity contribution < 1.29 is 36.2 Å². The lowest BCUT2D eigenvalue weighted by Crippen LogP contribution is -2.30. The number of aromatic hydroxyl groups is 1. The molecular formula is C13H16F3NO5S. The summed E-state index contributed by atoms with van der Waals surface area (Å²) in [7, 11) is -2.84. The fourth-order valence-corrected chi connectivity index (χ4v) is 4.19. The molecular weight excluding hydrogens is 339 g/mol. The maximum atomic E-state index is 12.6. The fraction of sp³-hybridized carbons (Fsp3) is 0.538. The highest BCUT2D eigenvalue weighted by Gasteiger charge is 2.39. The molecule has 0 aromatic heterocycles. The van der Waals surface area contributed by atoms with Crippen molar-refractivity contribution >= 4 is 10.0 Å². The Labute approximate surface area is 131 Å². The van der Waals surface area contributed by atoms with Gasteiger partial charge in [0.15, 0.2) is 10.6 Å². The highest BCUT2D eigenvalue weighted by molar-refractivity contribution is 7.89. The second-order valence-electron chi connectivity index (χ2n) is 5.13. The van der Waals surface area contributed by atoms with Crippen molar-refractivity contribution in [3.05, 3.63) is 18.2 Å².